The van der Waals surface area contributed by atoms with Crippen molar-refractivity contribution in [3.05, 3.63) is 179 Å². The molecule has 2 saturated heterocycles. The van der Waals surface area contributed by atoms with Crippen LogP contribution in [0.15, 0.2) is 146 Å². The number of hydrogen-bond donors (Lipinski definition) is 2. The lowest BCUT2D eigenvalue weighted by molar-refractivity contribution is 0.0682. The number of nitrogens with two attached hydrogens (primary N) is 2. The first kappa shape index (κ1) is 34.4. The molecule has 4 N–H and O–H groups in total. The van der Waals surface area contributed by atoms with Crippen molar-refractivity contribution in [3.63, 3.8) is 0 Å². The average Bonchev–Trinajstić information content (AvgIpc) is 3.20. The van der Waals surface area contributed by atoms with Gasteiger partial charge in [0, 0.05) is 37.3 Å². The highest BCUT2D eigenvalue weighted by molar-refractivity contribution is 5.34. The van der Waals surface area contributed by atoms with Crippen LogP contribution in [-0.2, 0) is 0 Å². The maximum Gasteiger partial charge on any atom is 0.0360 e. The van der Waals surface area contributed by atoms with Crippen molar-refractivity contribution in [1.82, 2.24) is 9.80 Å². The molecule has 2 aliphatic heterocycles. The van der Waals surface area contributed by atoms with E-state index in [0.29, 0.717) is 49.1 Å². The number of nitrogens with zero attached hydrogens (tertiary/aromatic N) is 2. The fraction of sp³-hybridized carbons (Fsp3) is 0.348. The van der Waals surface area contributed by atoms with Gasteiger partial charge in [0.05, 0.1) is 0 Å². The SMILES string of the molecule is NCCCN1C(c2ccccc2)CC(c2ccc(C3CC(c4ccccc4)N(CCCN)C(c4ccccc4)C3)cc2)CC1c1ccccc1. The predicted molar refractivity (Wildman–Crippen MR) is 208 cm³/mol. The summed E-state index contributed by atoms with van der Waals surface area (Å²) in [5, 5.41) is 0. The Morgan fingerprint density at radius 2 is 0.620 bits per heavy atom. The second-order valence-corrected chi connectivity index (χ2v) is 14.5. The van der Waals surface area contributed by atoms with Crippen molar-refractivity contribution < 1.29 is 0 Å². The molecule has 0 saturated carbocycles. The summed E-state index contributed by atoms with van der Waals surface area (Å²) in [4.78, 5) is 5.49. The van der Waals surface area contributed by atoms with Crippen LogP contribution in [0.25, 0.3) is 0 Å². The predicted octanol–water partition coefficient (Wildman–Crippen LogP) is 9.71. The summed E-state index contributed by atoms with van der Waals surface area (Å²) in [6.45, 7) is 3.45. The molecule has 2 heterocycles. The number of likely N-dealkylation sites (tertiary alicyclic amines) is 2. The average molecular weight is 663 g/mol. The van der Waals surface area contributed by atoms with Crippen molar-refractivity contribution in [2.24, 2.45) is 11.5 Å². The van der Waals surface area contributed by atoms with Gasteiger partial charge in [0.2, 0.25) is 0 Å². The fourth-order valence-corrected chi connectivity index (χ4v) is 9.01. The Kier molecular flexibility index (Phi) is 11.5. The molecule has 7 rings (SSSR count). The molecule has 4 nitrogen and oxygen atoms in total. The van der Waals surface area contributed by atoms with E-state index >= 15 is 0 Å². The molecule has 2 fully saturated rings. The Morgan fingerprint density at radius 3 is 0.860 bits per heavy atom. The monoisotopic (exact) mass is 662 g/mol. The lowest BCUT2D eigenvalue weighted by Gasteiger charge is -2.47. The van der Waals surface area contributed by atoms with Gasteiger partial charge < -0.3 is 11.5 Å². The van der Waals surface area contributed by atoms with Crippen LogP contribution in [0.2, 0.25) is 0 Å². The second-order valence-electron chi connectivity index (χ2n) is 14.5. The van der Waals surface area contributed by atoms with E-state index < -0.39 is 0 Å². The van der Waals surface area contributed by atoms with Crippen molar-refractivity contribution >= 4 is 0 Å². The molecule has 5 aromatic carbocycles. The molecule has 258 valence electrons. The summed E-state index contributed by atoms with van der Waals surface area (Å²) < 4.78 is 0. The Hall–Kier alpha value is -4.06. The van der Waals surface area contributed by atoms with Crippen LogP contribution in [-0.4, -0.2) is 36.0 Å². The van der Waals surface area contributed by atoms with Crippen LogP contribution < -0.4 is 11.5 Å². The Morgan fingerprint density at radius 1 is 0.360 bits per heavy atom. The molecule has 0 radical (unpaired) electrons. The van der Waals surface area contributed by atoms with Crippen LogP contribution in [0.4, 0.5) is 0 Å². The van der Waals surface area contributed by atoms with Crippen LogP contribution in [0.3, 0.4) is 0 Å². The number of hydrogen-bond acceptors (Lipinski definition) is 4. The van der Waals surface area contributed by atoms with Gasteiger partial charge in [-0.25, -0.2) is 0 Å². The van der Waals surface area contributed by atoms with Crippen molar-refractivity contribution in [3.8, 4) is 0 Å². The Labute approximate surface area is 300 Å². The molecule has 4 unspecified atom stereocenters. The zero-order chi connectivity index (χ0) is 34.1. The molecule has 0 aliphatic carbocycles. The normalized spacial score (nSPS) is 24.6. The summed E-state index contributed by atoms with van der Waals surface area (Å²) >= 11 is 0. The van der Waals surface area contributed by atoms with E-state index in [0.717, 1.165) is 51.6 Å². The highest BCUT2D eigenvalue weighted by atomic mass is 15.2. The smallest absolute Gasteiger partial charge is 0.0360 e. The molecule has 4 heteroatoms. The highest BCUT2D eigenvalue weighted by Gasteiger charge is 2.39. The van der Waals surface area contributed by atoms with Gasteiger partial charge in [0.25, 0.3) is 0 Å². The fourth-order valence-electron chi connectivity index (χ4n) is 9.01. The van der Waals surface area contributed by atoms with E-state index in [-0.39, 0.29) is 0 Å². The van der Waals surface area contributed by atoms with Crippen LogP contribution in [0.5, 0.6) is 0 Å². The number of benzene rings is 5. The third-order valence-electron chi connectivity index (χ3n) is 11.5. The molecule has 5 aromatic rings. The van der Waals surface area contributed by atoms with Gasteiger partial charge >= 0.3 is 0 Å². The van der Waals surface area contributed by atoms with E-state index in [1.807, 2.05) is 0 Å². The summed E-state index contributed by atoms with van der Waals surface area (Å²) in [7, 11) is 0. The molecular formula is C46H54N4. The van der Waals surface area contributed by atoms with Crippen LogP contribution >= 0.6 is 0 Å². The second kappa shape index (κ2) is 16.8. The van der Waals surface area contributed by atoms with Gasteiger partial charge in [-0.2, -0.15) is 0 Å². The summed E-state index contributed by atoms with van der Waals surface area (Å²) in [6.07, 6.45) is 6.47. The minimum Gasteiger partial charge on any atom is -0.330 e. The van der Waals surface area contributed by atoms with E-state index in [1.165, 1.54) is 33.4 Å². The molecule has 2 aliphatic rings. The van der Waals surface area contributed by atoms with Crippen molar-refractivity contribution in [2.45, 2.75) is 74.5 Å². The molecule has 0 aromatic heterocycles. The molecule has 4 atom stereocenters. The maximum atomic E-state index is 6.09. The maximum absolute atomic E-state index is 6.09. The summed E-state index contributed by atoms with van der Waals surface area (Å²) in [6, 6.07) is 55.9. The van der Waals surface area contributed by atoms with Gasteiger partial charge in [0.15, 0.2) is 0 Å². The first-order valence-electron chi connectivity index (χ1n) is 18.9. The molecule has 0 spiro atoms. The van der Waals surface area contributed by atoms with Crippen LogP contribution in [0, 0.1) is 0 Å². The standard InChI is InChI=1S/C46H54N4/c47-27-13-29-49-43(37-15-5-1-6-16-37)31-41(32-44(49)38-17-7-2-8-18-38)35-23-25-36(26-24-35)42-33-45(39-19-9-3-10-20-39)50(30-14-28-48)46(34-42)40-21-11-4-12-22-40/h1-12,15-26,41-46H,13-14,27-34,47-48H2. The van der Waals surface area contributed by atoms with E-state index in [4.69, 9.17) is 11.5 Å². The number of rotatable bonds is 12. The summed E-state index contributed by atoms with van der Waals surface area (Å²) in [5.74, 6) is 0.946. The van der Waals surface area contributed by atoms with Gasteiger partial charge in [-0.05, 0) is 96.8 Å². The van der Waals surface area contributed by atoms with E-state index in [9.17, 15) is 0 Å². The lowest BCUT2D eigenvalue weighted by Crippen LogP contribution is -2.40. The molecule has 0 amide bonds. The first-order chi connectivity index (χ1) is 24.7. The Bertz CT molecular complexity index is 1480. The van der Waals surface area contributed by atoms with Gasteiger partial charge in [-0.3, -0.25) is 9.80 Å². The largest absolute Gasteiger partial charge is 0.330 e. The van der Waals surface area contributed by atoms with Crippen LogP contribution in [0.1, 0.15) is 108 Å². The van der Waals surface area contributed by atoms with Crippen molar-refractivity contribution in [2.75, 3.05) is 26.2 Å². The zero-order valence-corrected chi connectivity index (χ0v) is 29.4. The van der Waals surface area contributed by atoms with E-state index in [2.05, 4.69) is 155 Å². The first-order valence-corrected chi connectivity index (χ1v) is 18.9. The molecule has 50 heavy (non-hydrogen) atoms. The minimum atomic E-state index is 0.350. The van der Waals surface area contributed by atoms with Crippen molar-refractivity contribution in [1.29, 1.82) is 0 Å². The molecular weight excluding hydrogens is 609 g/mol. The quantitative estimate of drug-likeness (QED) is 0.140. The van der Waals surface area contributed by atoms with Gasteiger partial charge in [-0.15, -0.1) is 0 Å². The number of piperidine rings is 2. The third kappa shape index (κ3) is 7.80. The highest BCUT2D eigenvalue weighted by Crippen LogP contribution is 2.50. The minimum absolute atomic E-state index is 0.350. The Balaban J connectivity index is 1.19. The topological polar surface area (TPSA) is 58.5 Å². The summed E-state index contributed by atoms with van der Waals surface area (Å²) in [5.41, 5.74) is 20.7. The van der Waals surface area contributed by atoms with Gasteiger partial charge in [-0.1, -0.05) is 146 Å². The zero-order valence-electron chi connectivity index (χ0n) is 29.4. The van der Waals surface area contributed by atoms with E-state index in [1.54, 1.807) is 0 Å². The molecule has 0 bridgehead atoms. The third-order valence-corrected chi connectivity index (χ3v) is 11.5. The lowest BCUT2D eigenvalue weighted by atomic mass is 9.75. The van der Waals surface area contributed by atoms with Gasteiger partial charge in [0.1, 0.15) is 0 Å².